The fourth-order valence-electron chi connectivity index (χ4n) is 2.38. The molecular weight excluding hydrogens is 291 g/mol. The second-order valence-corrected chi connectivity index (χ2v) is 5.32. The van der Waals surface area contributed by atoms with Crippen LogP contribution in [0.3, 0.4) is 0 Å². The van der Waals surface area contributed by atoms with Crippen molar-refractivity contribution in [2.45, 2.75) is 13.0 Å². The van der Waals surface area contributed by atoms with Gasteiger partial charge in [0.25, 0.3) is 0 Å². The summed E-state index contributed by atoms with van der Waals surface area (Å²) in [5.74, 6) is 6.03. The summed E-state index contributed by atoms with van der Waals surface area (Å²) >= 11 is 6.12. The van der Waals surface area contributed by atoms with Gasteiger partial charge in [-0.15, -0.1) is 0 Å². The minimum Gasteiger partial charge on any atom is -0.457 e. The Kier molecular flexibility index (Phi) is 3.68. The van der Waals surface area contributed by atoms with E-state index in [9.17, 15) is 4.39 Å². The van der Waals surface area contributed by atoms with Gasteiger partial charge in [0.1, 0.15) is 17.6 Å². The summed E-state index contributed by atoms with van der Waals surface area (Å²) in [5.41, 5.74) is 4.70. The van der Waals surface area contributed by atoms with Crippen LogP contribution in [0.2, 0.25) is 5.02 Å². The lowest BCUT2D eigenvalue weighted by molar-refractivity contribution is 0.476. The molecule has 0 saturated carbocycles. The molecule has 0 bridgehead atoms. The molecule has 3 aromatic rings. The highest BCUT2D eigenvalue weighted by Crippen LogP contribution is 2.32. The maximum absolute atomic E-state index is 13.4. The molecule has 0 amide bonds. The molecule has 21 heavy (non-hydrogen) atoms. The smallest absolute Gasteiger partial charge is 0.152 e. The molecule has 0 radical (unpaired) electrons. The predicted molar refractivity (Wildman–Crippen MR) is 81.5 cm³/mol. The molecule has 0 spiro atoms. The Morgan fingerprint density at radius 2 is 2.05 bits per heavy atom. The maximum Gasteiger partial charge on any atom is 0.152 e. The number of fused-ring (bicyclic) bond motifs is 1. The third-order valence-electron chi connectivity index (χ3n) is 3.48. The van der Waals surface area contributed by atoms with Crippen molar-refractivity contribution >= 4 is 22.6 Å². The first-order chi connectivity index (χ1) is 10.1. The summed E-state index contributed by atoms with van der Waals surface area (Å²) in [6.07, 6.45) is 0. The van der Waals surface area contributed by atoms with E-state index in [1.807, 2.05) is 18.2 Å². The molecule has 1 aromatic heterocycles. The number of para-hydroxylation sites is 1. The highest BCUT2D eigenvalue weighted by Gasteiger charge is 2.18. The van der Waals surface area contributed by atoms with Crippen molar-refractivity contribution in [3.63, 3.8) is 0 Å². The summed E-state index contributed by atoms with van der Waals surface area (Å²) in [6, 6.07) is 11.9. The van der Waals surface area contributed by atoms with Gasteiger partial charge in [0.15, 0.2) is 5.58 Å². The number of aryl methyl sites for hydroxylation is 1. The molecule has 3 rings (SSSR count). The Labute approximate surface area is 126 Å². The minimum absolute atomic E-state index is 0.248. The number of nitrogens with two attached hydrogens (primary N) is 1. The van der Waals surface area contributed by atoms with E-state index >= 15 is 0 Å². The number of hydrogen-bond acceptors (Lipinski definition) is 3. The zero-order valence-corrected chi connectivity index (χ0v) is 12.1. The molecule has 5 heteroatoms. The number of nitrogens with one attached hydrogen (secondary N) is 1. The number of hydrogen-bond donors (Lipinski definition) is 2. The molecule has 0 saturated heterocycles. The van der Waals surface area contributed by atoms with E-state index in [-0.39, 0.29) is 11.9 Å². The third kappa shape index (κ3) is 2.53. The van der Waals surface area contributed by atoms with E-state index in [2.05, 4.69) is 5.43 Å². The van der Waals surface area contributed by atoms with Crippen molar-refractivity contribution < 1.29 is 8.81 Å². The molecule has 1 atom stereocenters. The molecule has 0 fully saturated rings. The van der Waals surface area contributed by atoms with E-state index in [0.29, 0.717) is 21.9 Å². The molecule has 1 unspecified atom stereocenters. The second kappa shape index (κ2) is 5.48. The zero-order chi connectivity index (χ0) is 15.0. The number of furan rings is 1. The lowest BCUT2D eigenvalue weighted by Crippen LogP contribution is -2.28. The van der Waals surface area contributed by atoms with E-state index in [4.69, 9.17) is 21.9 Å². The summed E-state index contributed by atoms with van der Waals surface area (Å²) in [4.78, 5) is 0. The Morgan fingerprint density at radius 3 is 2.71 bits per heavy atom. The van der Waals surface area contributed by atoms with Gasteiger partial charge in [0.05, 0.1) is 5.02 Å². The Morgan fingerprint density at radius 1 is 1.24 bits per heavy atom. The molecular formula is C16H14ClFN2O. The standard InChI is InChI=1S/C16H14ClFN2O/c1-9-7-10(5-6-13(9)18)15(20-19)14-8-11-3-2-4-12(17)16(11)21-14/h2-8,15,20H,19H2,1H3. The van der Waals surface area contributed by atoms with Gasteiger partial charge in [0.2, 0.25) is 0 Å². The molecule has 3 N–H and O–H groups in total. The predicted octanol–water partition coefficient (Wildman–Crippen LogP) is 4.09. The Bertz CT molecular complexity index is 800. The summed E-state index contributed by atoms with van der Waals surface area (Å²) < 4.78 is 19.2. The van der Waals surface area contributed by atoms with Crippen LogP contribution >= 0.6 is 11.6 Å². The van der Waals surface area contributed by atoms with Gasteiger partial charge < -0.3 is 4.42 Å². The lowest BCUT2D eigenvalue weighted by atomic mass is 10.0. The van der Waals surface area contributed by atoms with E-state index < -0.39 is 0 Å². The molecule has 1 heterocycles. The van der Waals surface area contributed by atoms with E-state index in [0.717, 1.165) is 10.9 Å². The van der Waals surface area contributed by atoms with Crippen molar-refractivity contribution in [3.8, 4) is 0 Å². The monoisotopic (exact) mass is 304 g/mol. The average molecular weight is 305 g/mol. The Hall–Kier alpha value is -1.88. The van der Waals surface area contributed by atoms with Crippen molar-refractivity contribution in [1.82, 2.24) is 5.43 Å². The van der Waals surface area contributed by atoms with Crippen LogP contribution in [-0.4, -0.2) is 0 Å². The van der Waals surface area contributed by atoms with Gasteiger partial charge in [-0.3, -0.25) is 5.84 Å². The van der Waals surface area contributed by atoms with E-state index in [1.54, 1.807) is 25.1 Å². The molecule has 0 aliphatic carbocycles. The van der Waals surface area contributed by atoms with Crippen LogP contribution in [0.5, 0.6) is 0 Å². The first kappa shape index (κ1) is 14.1. The lowest BCUT2D eigenvalue weighted by Gasteiger charge is -2.14. The van der Waals surface area contributed by atoms with Gasteiger partial charge in [-0.25, -0.2) is 9.82 Å². The summed E-state index contributed by atoms with van der Waals surface area (Å²) in [5, 5.41) is 1.45. The topological polar surface area (TPSA) is 51.2 Å². The molecule has 0 aliphatic heterocycles. The van der Waals surface area contributed by atoms with Gasteiger partial charge in [-0.05, 0) is 36.2 Å². The number of benzene rings is 2. The van der Waals surface area contributed by atoms with Crippen molar-refractivity contribution in [2.75, 3.05) is 0 Å². The van der Waals surface area contributed by atoms with Crippen LogP contribution in [-0.2, 0) is 0 Å². The van der Waals surface area contributed by atoms with Crippen molar-refractivity contribution in [1.29, 1.82) is 0 Å². The second-order valence-electron chi connectivity index (χ2n) is 4.92. The highest BCUT2D eigenvalue weighted by molar-refractivity contribution is 6.34. The fraction of sp³-hybridized carbons (Fsp3) is 0.125. The maximum atomic E-state index is 13.4. The minimum atomic E-state index is -0.368. The van der Waals surface area contributed by atoms with Crippen LogP contribution in [0.25, 0.3) is 11.0 Å². The quantitative estimate of drug-likeness (QED) is 0.566. The Balaban J connectivity index is 2.09. The average Bonchev–Trinajstić information content (AvgIpc) is 2.89. The van der Waals surface area contributed by atoms with Crippen LogP contribution in [0.4, 0.5) is 4.39 Å². The highest BCUT2D eigenvalue weighted by atomic mass is 35.5. The third-order valence-corrected chi connectivity index (χ3v) is 3.78. The van der Waals surface area contributed by atoms with Crippen LogP contribution < -0.4 is 11.3 Å². The number of rotatable bonds is 3. The van der Waals surface area contributed by atoms with Crippen molar-refractivity contribution in [2.24, 2.45) is 5.84 Å². The first-order valence-electron chi connectivity index (χ1n) is 6.50. The zero-order valence-electron chi connectivity index (χ0n) is 11.4. The van der Waals surface area contributed by atoms with Gasteiger partial charge >= 0.3 is 0 Å². The molecule has 3 nitrogen and oxygen atoms in total. The number of hydrazine groups is 1. The number of halogens is 2. The van der Waals surface area contributed by atoms with Crippen LogP contribution in [0.15, 0.2) is 46.9 Å². The normalized spacial score (nSPS) is 12.8. The van der Waals surface area contributed by atoms with Gasteiger partial charge in [0, 0.05) is 5.39 Å². The molecule has 0 aliphatic rings. The van der Waals surface area contributed by atoms with Crippen LogP contribution in [0.1, 0.15) is 22.9 Å². The van der Waals surface area contributed by atoms with Gasteiger partial charge in [-0.1, -0.05) is 35.9 Å². The SMILES string of the molecule is Cc1cc(C(NN)c2cc3cccc(Cl)c3o2)ccc1F. The fourth-order valence-corrected chi connectivity index (χ4v) is 2.60. The van der Waals surface area contributed by atoms with Crippen molar-refractivity contribution in [3.05, 3.63) is 70.2 Å². The summed E-state index contributed by atoms with van der Waals surface area (Å²) in [6.45, 7) is 1.71. The molecule has 2 aromatic carbocycles. The van der Waals surface area contributed by atoms with Crippen LogP contribution in [0, 0.1) is 12.7 Å². The van der Waals surface area contributed by atoms with Gasteiger partial charge in [-0.2, -0.15) is 0 Å². The first-order valence-corrected chi connectivity index (χ1v) is 6.88. The largest absolute Gasteiger partial charge is 0.457 e. The summed E-state index contributed by atoms with van der Waals surface area (Å²) in [7, 11) is 0. The molecule has 108 valence electrons. The van der Waals surface area contributed by atoms with E-state index in [1.165, 1.54) is 6.07 Å².